The predicted octanol–water partition coefficient (Wildman–Crippen LogP) is 12.9. The fourth-order valence-corrected chi connectivity index (χ4v) is 9.94. The van der Waals surface area contributed by atoms with Gasteiger partial charge in [-0.05, 0) is 85.5 Å². The molecule has 8 aromatic carbocycles. The van der Waals surface area contributed by atoms with Gasteiger partial charge in [-0.1, -0.05) is 176 Å². The van der Waals surface area contributed by atoms with Crippen molar-refractivity contribution < 1.29 is 4.42 Å². The van der Waals surface area contributed by atoms with Gasteiger partial charge in [0, 0.05) is 17.0 Å². The first kappa shape index (κ1) is 31.2. The summed E-state index contributed by atoms with van der Waals surface area (Å²) in [6, 6.07) is 72.8. The van der Waals surface area contributed by atoms with Crippen LogP contribution in [0.3, 0.4) is 0 Å². The van der Waals surface area contributed by atoms with Crippen molar-refractivity contribution in [3.8, 4) is 44.8 Å². The van der Waals surface area contributed by atoms with Crippen LogP contribution in [0.15, 0.2) is 205 Å². The molecule has 0 aliphatic heterocycles. The van der Waals surface area contributed by atoms with Crippen LogP contribution in [0.1, 0.15) is 44.9 Å². The molecule has 1 atom stereocenters. The predicted molar refractivity (Wildman–Crippen MR) is 226 cm³/mol. The monoisotopic (exact) mass is 714 g/mol. The summed E-state index contributed by atoms with van der Waals surface area (Å²) in [5.41, 5.74) is 19.4. The van der Waals surface area contributed by atoms with E-state index in [2.05, 4.69) is 192 Å². The summed E-state index contributed by atoms with van der Waals surface area (Å²) >= 11 is 0. The molecule has 2 aromatic heterocycles. The van der Waals surface area contributed by atoms with Gasteiger partial charge in [0.1, 0.15) is 5.69 Å². The maximum absolute atomic E-state index is 6.53. The lowest BCUT2D eigenvalue weighted by Gasteiger charge is -2.34. The van der Waals surface area contributed by atoms with Gasteiger partial charge < -0.3 is 4.42 Å². The van der Waals surface area contributed by atoms with Crippen molar-refractivity contribution in [2.24, 2.45) is 0 Å². The molecule has 1 unspecified atom stereocenters. The van der Waals surface area contributed by atoms with E-state index in [9.17, 15) is 0 Å². The third-order valence-electron chi connectivity index (χ3n) is 12.2. The van der Waals surface area contributed by atoms with Crippen LogP contribution in [-0.2, 0) is 5.41 Å². The van der Waals surface area contributed by atoms with Crippen LogP contribution in [0.4, 0.5) is 0 Å². The van der Waals surface area contributed by atoms with Crippen LogP contribution in [0.25, 0.3) is 61.7 Å². The molecule has 2 heterocycles. The van der Waals surface area contributed by atoms with Crippen LogP contribution < -0.4 is 0 Å². The van der Waals surface area contributed by atoms with E-state index in [-0.39, 0.29) is 5.92 Å². The minimum absolute atomic E-state index is 0.131. The summed E-state index contributed by atoms with van der Waals surface area (Å²) in [7, 11) is 0. The topological polar surface area (TPSA) is 30.4 Å². The molecule has 0 N–H and O–H groups in total. The maximum atomic E-state index is 6.53. The molecule has 3 nitrogen and oxygen atoms in total. The third-order valence-corrected chi connectivity index (χ3v) is 12.2. The number of hydrogen-bond donors (Lipinski definition) is 0. The Balaban J connectivity index is 1.13. The van der Waals surface area contributed by atoms with Crippen molar-refractivity contribution >= 4 is 16.9 Å². The Kier molecular flexibility index (Phi) is 6.61. The number of aromatic nitrogens is 2. The average Bonchev–Trinajstić information content (AvgIpc) is 4.00. The highest BCUT2D eigenvalue weighted by Crippen LogP contribution is 2.57. The SMILES string of the molecule is c1ccc(C2c3ccccc3-c3ccc(-c4c(-c5ccc6c(c5)C(c5ccccc5)(c5ccccc5)c5ccccc5-6)nc5oc6ccccc6n45)cc32)cc1. The molecule has 2 aliphatic rings. The zero-order chi connectivity index (χ0) is 36.8. The number of benzene rings is 8. The zero-order valence-electron chi connectivity index (χ0n) is 30.4. The number of rotatable bonds is 5. The van der Waals surface area contributed by atoms with Gasteiger partial charge >= 0.3 is 5.84 Å². The van der Waals surface area contributed by atoms with Gasteiger partial charge in [-0.25, -0.2) is 0 Å². The first-order valence-corrected chi connectivity index (χ1v) is 19.3. The summed E-state index contributed by atoms with van der Waals surface area (Å²) in [6.45, 7) is 0. The van der Waals surface area contributed by atoms with Crippen molar-refractivity contribution in [2.75, 3.05) is 0 Å². The quantitative estimate of drug-likeness (QED) is 0.178. The Morgan fingerprint density at radius 1 is 0.464 bits per heavy atom. The molecule has 10 aromatic rings. The van der Waals surface area contributed by atoms with Gasteiger partial charge in [0.2, 0.25) is 0 Å². The number of hydrogen-bond acceptors (Lipinski definition) is 2. The zero-order valence-corrected chi connectivity index (χ0v) is 30.4. The Hall–Kier alpha value is -7.23. The highest BCUT2D eigenvalue weighted by atomic mass is 16.4. The standard InChI is InChI=1S/C53H34N2O/c1-4-16-34(17-5-1)49-43-24-11-10-22-39(43)40-30-29-36(32-44(40)49)51-50(54-52-55(51)47-26-14-15-27-48(47)56-52)35-28-31-42-41-23-12-13-25-45(41)53(46(42)33-35,37-18-6-2-7-19-37)38-20-8-3-9-21-38/h1-33,49H. The van der Waals surface area contributed by atoms with Crippen LogP contribution in [0.5, 0.6) is 0 Å². The molecule has 0 fully saturated rings. The Labute approximate surface area is 324 Å². The Morgan fingerprint density at radius 2 is 1.05 bits per heavy atom. The van der Waals surface area contributed by atoms with E-state index in [1.54, 1.807) is 0 Å². The highest BCUT2D eigenvalue weighted by Gasteiger charge is 2.46. The fraction of sp³-hybridized carbons (Fsp3) is 0.0377. The van der Waals surface area contributed by atoms with E-state index < -0.39 is 5.41 Å². The summed E-state index contributed by atoms with van der Waals surface area (Å²) in [6.07, 6.45) is 0. The first-order valence-electron chi connectivity index (χ1n) is 19.3. The van der Waals surface area contributed by atoms with Gasteiger partial charge in [0.25, 0.3) is 0 Å². The molecule has 2 aliphatic carbocycles. The minimum Gasteiger partial charge on any atom is -0.423 e. The van der Waals surface area contributed by atoms with Crippen molar-refractivity contribution in [3.05, 3.63) is 239 Å². The second kappa shape index (κ2) is 11.9. The molecular formula is C53H34N2O. The normalized spacial score (nSPS) is 14.8. The minimum atomic E-state index is -0.515. The van der Waals surface area contributed by atoms with E-state index in [0.717, 1.165) is 33.6 Å². The number of oxazole rings is 1. The highest BCUT2D eigenvalue weighted by molar-refractivity contribution is 5.93. The Bertz CT molecular complexity index is 3100. The maximum Gasteiger partial charge on any atom is 0.307 e. The van der Waals surface area contributed by atoms with Gasteiger partial charge in [0.15, 0.2) is 5.58 Å². The van der Waals surface area contributed by atoms with Gasteiger partial charge in [0.05, 0.1) is 16.6 Å². The number of imidazole rings is 1. The Morgan fingerprint density at radius 3 is 1.84 bits per heavy atom. The van der Waals surface area contributed by atoms with Crippen LogP contribution in [0, 0.1) is 0 Å². The molecule has 12 rings (SSSR count). The van der Waals surface area contributed by atoms with Gasteiger partial charge in [-0.15, -0.1) is 0 Å². The number of para-hydroxylation sites is 2. The van der Waals surface area contributed by atoms with Crippen LogP contribution >= 0.6 is 0 Å². The summed E-state index contributed by atoms with van der Waals surface area (Å²) < 4.78 is 8.74. The van der Waals surface area contributed by atoms with Crippen molar-refractivity contribution in [1.29, 1.82) is 0 Å². The van der Waals surface area contributed by atoms with Crippen molar-refractivity contribution in [2.45, 2.75) is 11.3 Å². The van der Waals surface area contributed by atoms with E-state index in [4.69, 9.17) is 9.40 Å². The van der Waals surface area contributed by atoms with Gasteiger partial charge in [-0.3, -0.25) is 4.40 Å². The first-order chi connectivity index (χ1) is 27.8. The molecule has 0 amide bonds. The third kappa shape index (κ3) is 4.25. The molecule has 0 radical (unpaired) electrons. The molecule has 56 heavy (non-hydrogen) atoms. The number of fused-ring (bicyclic) bond motifs is 9. The lowest BCUT2D eigenvalue weighted by molar-refractivity contribution is 0.642. The lowest BCUT2D eigenvalue weighted by Crippen LogP contribution is -2.28. The van der Waals surface area contributed by atoms with Crippen LogP contribution in [0.2, 0.25) is 0 Å². The molecule has 0 saturated heterocycles. The number of nitrogens with zero attached hydrogens (tertiary/aromatic N) is 2. The summed E-state index contributed by atoms with van der Waals surface area (Å²) in [5, 5.41) is 0. The molecule has 0 saturated carbocycles. The van der Waals surface area contributed by atoms with E-state index in [1.807, 2.05) is 12.1 Å². The second-order valence-electron chi connectivity index (χ2n) is 15.0. The molecule has 3 heteroatoms. The molecule has 0 spiro atoms. The second-order valence-corrected chi connectivity index (χ2v) is 15.0. The molecule has 262 valence electrons. The van der Waals surface area contributed by atoms with E-state index >= 15 is 0 Å². The summed E-state index contributed by atoms with van der Waals surface area (Å²) in [5.74, 6) is 0.715. The summed E-state index contributed by atoms with van der Waals surface area (Å²) in [4.78, 5) is 5.37. The largest absolute Gasteiger partial charge is 0.423 e. The lowest BCUT2D eigenvalue weighted by atomic mass is 9.67. The molecule has 0 bridgehead atoms. The average molecular weight is 715 g/mol. The van der Waals surface area contributed by atoms with E-state index in [0.29, 0.717) is 5.84 Å². The van der Waals surface area contributed by atoms with E-state index in [1.165, 1.54) is 61.2 Å². The van der Waals surface area contributed by atoms with Crippen molar-refractivity contribution in [1.82, 2.24) is 9.38 Å². The van der Waals surface area contributed by atoms with Crippen LogP contribution in [-0.4, -0.2) is 9.38 Å². The smallest absolute Gasteiger partial charge is 0.307 e. The molecular weight excluding hydrogens is 681 g/mol. The van der Waals surface area contributed by atoms with Crippen molar-refractivity contribution in [3.63, 3.8) is 0 Å². The fourth-order valence-electron chi connectivity index (χ4n) is 9.94. The van der Waals surface area contributed by atoms with Gasteiger partial charge in [-0.2, -0.15) is 4.98 Å².